The van der Waals surface area contributed by atoms with E-state index in [1.54, 1.807) is 24.3 Å². The molecule has 2 heterocycles. The minimum absolute atomic E-state index is 0.0142. The molecule has 1 aromatic carbocycles. The fourth-order valence-corrected chi connectivity index (χ4v) is 4.89. The molecular weight excluding hydrogens is 282 g/mol. The van der Waals surface area contributed by atoms with Gasteiger partial charge in [-0.1, -0.05) is 12.1 Å². The van der Waals surface area contributed by atoms with Crippen molar-refractivity contribution in [2.75, 3.05) is 10.7 Å². The van der Waals surface area contributed by atoms with Gasteiger partial charge in [-0.3, -0.25) is 9.59 Å². The highest BCUT2D eigenvalue weighted by molar-refractivity contribution is 7.93. The lowest BCUT2D eigenvalue weighted by atomic mass is 10.1. The SMILES string of the molecule is O=C(O)Cc1ccc(N2C(=O)C3CC2CS3(=O)=O)cc1. The molecule has 0 saturated carbocycles. The van der Waals surface area contributed by atoms with Crippen LogP contribution in [0.3, 0.4) is 0 Å². The second kappa shape index (κ2) is 4.31. The first-order chi connectivity index (χ1) is 9.38. The Morgan fingerprint density at radius 2 is 1.95 bits per heavy atom. The lowest BCUT2D eigenvalue weighted by Gasteiger charge is -2.27. The Morgan fingerprint density at radius 1 is 1.30 bits per heavy atom. The number of anilines is 1. The van der Waals surface area contributed by atoms with E-state index in [1.807, 2.05) is 0 Å². The second-order valence-corrected chi connectivity index (χ2v) is 7.38. The van der Waals surface area contributed by atoms with E-state index in [0.717, 1.165) is 0 Å². The van der Waals surface area contributed by atoms with Crippen molar-refractivity contribution in [2.45, 2.75) is 24.1 Å². The van der Waals surface area contributed by atoms with Crippen molar-refractivity contribution in [1.82, 2.24) is 0 Å². The molecule has 1 amide bonds. The van der Waals surface area contributed by atoms with Gasteiger partial charge < -0.3 is 10.0 Å². The normalized spacial score (nSPS) is 27.0. The molecule has 3 rings (SSSR count). The zero-order chi connectivity index (χ0) is 14.5. The van der Waals surface area contributed by atoms with Gasteiger partial charge in [-0.2, -0.15) is 0 Å². The standard InChI is InChI=1S/C13H13NO5S/c15-12(16)5-8-1-3-9(4-2-8)14-10-6-11(13(14)17)20(18,19)7-10/h1-4,10-11H,5-7H2,(H,15,16). The number of carboxylic acids is 1. The molecule has 2 aliphatic heterocycles. The van der Waals surface area contributed by atoms with Crippen LogP contribution in [0.5, 0.6) is 0 Å². The summed E-state index contributed by atoms with van der Waals surface area (Å²) in [5.41, 5.74) is 1.28. The number of hydrogen-bond donors (Lipinski definition) is 1. The molecule has 0 radical (unpaired) electrons. The van der Waals surface area contributed by atoms with Crippen molar-refractivity contribution in [3.05, 3.63) is 29.8 Å². The van der Waals surface area contributed by atoms with Gasteiger partial charge in [-0.05, 0) is 24.1 Å². The Hall–Kier alpha value is -1.89. The van der Waals surface area contributed by atoms with Gasteiger partial charge in [0.1, 0.15) is 5.25 Å². The van der Waals surface area contributed by atoms with Gasteiger partial charge in [-0.15, -0.1) is 0 Å². The van der Waals surface area contributed by atoms with E-state index < -0.39 is 21.1 Å². The summed E-state index contributed by atoms with van der Waals surface area (Å²) in [6, 6.07) is 6.35. The molecule has 2 bridgehead atoms. The lowest BCUT2D eigenvalue weighted by Crippen LogP contribution is -2.45. The highest BCUT2D eigenvalue weighted by Gasteiger charge is 2.54. The molecular formula is C13H13NO5S. The Bertz CT molecular complexity index is 679. The van der Waals surface area contributed by atoms with E-state index in [-0.39, 0.29) is 24.1 Å². The molecule has 2 saturated heterocycles. The van der Waals surface area contributed by atoms with Crippen molar-refractivity contribution >= 4 is 27.4 Å². The summed E-state index contributed by atoms with van der Waals surface area (Å²) >= 11 is 0. The maximum Gasteiger partial charge on any atom is 0.307 e. The smallest absolute Gasteiger partial charge is 0.307 e. The molecule has 2 unspecified atom stereocenters. The fourth-order valence-electron chi connectivity index (χ4n) is 2.90. The van der Waals surface area contributed by atoms with Crippen molar-refractivity contribution < 1.29 is 23.1 Å². The van der Waals surface area contributed by atoms with Gasteiger partial charge >= 0.3 is 5.97 Å². The van der Waals surface area contributed by atoms with E-state index in [2.05, 4.69) is 0 Å². The van der Waals surface area contributed by atoms with E-state index >= 15 is 0 Å². The number of carboxylic acid groups (broad SMARTS) is 1. The van der Waals surface area contributed by atoms with Gasteiger partial charge in [0.25, 0.3) is 0 Å². The first kappa shape index (κ1) is 13.1. The second-order valence-electron chi connectivity index (χ2n) is 5.15. The number of carbonyl (C=O) groups is 2. The van der Waals surface area contributed by atoms with Crippen molar-refractivity contribution in [2.24, 2.45) is 0 Å². The Labute approximate surface area is 115 Å². The van der Waals surface area contributed by atoms with E-state index in [0.29, 0.717) is 17.7 Å². The van der Waals surface area contributed by atoms with Crippen LogP contribution in [-0.4, -0.2) is 42.4 Å². The largest absolute Gasteiger partial charge is 0.481 e. The first-order valence-corrected chi connectivity index (χ1v) is 7.95. The van der Waals surface area contributed by atoms with Crippen LogP contribution < -0.4 is 4.90 Å². The number of rotatable bonds is 3. The number of aliphatic carboxylic acids is 1. The zero-order valence-corrected chi connectivity index (χ0v) is 11.3. The molecule has 7 heteroatoms. The Balaban J connectivity index is 1.85. The summed E-state index contributed by atoms with van der Waals surface area (Å²) in [6.07, 6.45) is 0.284. The van der Waals surface area contributed by atoms with Crippen LogP contribution in [-0.2, 0) is 25.8 Å². The summed E-state index contributed by atoms with van der Waals surface area (Å²) in [4.78, 5) is 24.2. The third-order valence-corrected chi connectivity index (χ3v) is 5.90. The summed E-state index contributed by atoms with van der Waals surface area (Å²) < 4.78 is 23.3. The third kappa shape index (κ3) is 1.98. The first-order valence-electron chi connectivity index (χ1n) is 6.24. The summed E-state index contributed by atoms with van der Waals surface area (Å²) in [5, 5.41) is 7.81. The van der Waals surface area contributed by atoms with Crippen molar-refractivity contribution in [3.63, 3.8) is 0 Å². The molecule has 106 valence electrons. The quantitative estimate of drug-likeness (QED) is 0.861. The van der Waals surface area contributed by atoms with Gasteiger partial charge in [0.15, 0.2) is 9.84 Å². The van der Waals surface area contributed by atoms with E-state index in [9.17, 15) is 18.0 Å². The molecule has 0 aliphatic carbocycles. The van der Waals surface area contributed by atoms with Crippen LogP contribution in [0.15, 0.2) is 24.3 Å². The summed E-state index contributed by atoms with van der Waals surface area (Å²) in [7, 11) is -3.27. The molecule has 2 fully saturated rings. The number of hydrogen-bond acceptors (Lipinski definition) is 4. The molecule has 0 spiro atoms. The van der Waals surface area contributed by atoms with Crippen LogP contribution in [0.25, 0.3) is 0 Å². The van der Waals surface area contributed by atoms with E-state index in [4.69, 9.17) is 5.11 Å². The maximum atomic E-state index is 12.1. The van der Waals surface area contributed by atoms with Crippen LogP contribution in [0.1, 0.15) is 12.0 Å². The minimum atomic E-state index is -3.27. The molecule has 1 aromatic rings. The minimum Gasteiger partial charge on any atom is -0.481 e. The lowest BCUT2D eigenvalue weighted by molar-refractivity contribution is -0.136. The van der Waals surface area contributed by atoms with Gasteiger partial charge in [-0.25, -0.2) is 8.42 Å². The summed E-state index contributed by atoms with van der Waals surface area (Å²) in [6.45, 7) is 0. The predicted molar refractivity (Wildman–Crippen MR) is 71.2 cm³/mol. The number of nitrogens with zero attached hydrogens (tertiary/aromatic N) is 1. The van der Waals surface area contributed by atoms with Crippen LogP contribution in [0.2, 0.25) is 0 Å². The Morgan fingerprint density at radius 3 is 2.45 bits per heavy atom. The van der Waals surface area contributed by atoms with Crippen molar-refractivity contribution in [3.8, 4) is 0 Å². The molecule has 6 nitrogen and oxygen atoms in total. The number of fused-ring (bicyclic) bond motifs is 2. The monoisotopic (exact) mass is 295 g/mol. The predicted octanol–water partition coefficient (Wildman–Crippen LogP) is 0.216. The van der Waals surface area contributed by atoms with Gasteiger partial charge in [0.2, 0.25) is 5.91 Å². The highest BCUT2D eigenvalue weighted by Crippen LogP contribution is 2.37. The fraction of sp³-hybridized carbons (Fsp3) is 0.385. The van der Waals surface area contributed by atoms with Gasteiger partial charge in [0, 0.05) is 5.69 Å². The Kier molecular flexibility index (Phi) is 2.82. The highest BCUT2D eigenvalue weighted by atomic mass is 32.2. The molecule has 2 atom stereocenters. The van der Waals surface area contributed by atoms with Gasteiger partial charge in [0.05, 0.1) is 18.2 Å². The summed E-state index contributed by atoms with van der Waals surface area (Å²) in [5.74, 6) is -1.27. The number of amides is 1. The maximum absolute atomic E-state index is 12.1. The molecule has 20 heavy (non-hydrogen) atoms. The van der Waals surface area contributed by atoms with E-state index in [1.165, 1.54) is 4.90 Å². The average molecular weight is 295 g/mol. The zero-order valence-electron chi connectivity index (χ0n) is 10.5. The number of benzene rings is 1. The van der Waals surface area contributed by atoms with Crippen LogP contribution in [0, 0.1) is 0 Å². The molecule has 2 aliphatic rings. The molecule has 0 aromatic heterocycles. The van der Waals surface area contributed by atoms with Crippen LogP contribution >= 0.6 is 0 Å². The third-order valence-electron chi connectivity index (χ3n) is 3.79. The molecule has 1 N–H and O–H groups in total. The topological polar surface area (TPSA) is 91.8 Å². The number of sulfone groups is 1. The van der Waals surface area contributed by atoms with Crippen molar-refractivity contribution in [1.29, 1.82) is 0 Å². The average Bonchev–Trinajstić information content (AvgIpc) is 2.82. The van der Waals surface area contributed by atoms with Crippen LogP contribution in [0.4, 0.5) is 5.69 Å². The number of carbonyl (C=O) groups excluding carboxylic acids is 1.